The zero-order valence-corrected chi connectivity index (χ0v) is 17.7. The zero-order valence-electron chi connectivity index (χ0n) is 16.0. The van der Waals surface area contributed by atoms with Crippen LogP contribution in [0.1, 0.15) is 18.0 Å². The number of aromatic nitrogens is 1. The number of carbonyl (C=O) groups excluding carboxylic acids is 1. The Morgan fingerprint density at radius 1 is 1.20 bits per heavy atom. The number of fused-ring (bicyclic) bond motifs is 4. The van der Waals surface area contributed by atoms with Crippen molar-refractivity contribution in [3.63, 3.8) is 0 Å². The van der Waals surface area contributed by atoms with Gasteiger partial charge in [0.25, 0.3) is 11.2 Å². The number of hydrogen-bond donors (Lipinski definition) is 1. The van der Waals surface area contributed by atoms with Crippen molar-refractivity contribution in [1.29, 1.82) is 0 Å². The Balaban J connectivity index is 1.32. The number of carbonyl (C=O) groups is 1. The van der Waals surface area contributed by atoms with E-state index < -0.39 is 4.92 Å². The Hall–Kier alpha value is -2.72. The van der Waals surface area contributed by atoms with Gasteiger partial charge in [-0.3, -0.25) is 19.7 Å². The predicted octanol–water partition coefficient (Wildman–Crippen LogP) is 2.83. The van der Waals surface area contributed by atoms with Crippen LogP contribution in [0.25, 0.3) is 0 Å². The molecule has 3 heterocycles. The summed E-state index contributed by atoms with van der Waals surface area (Å²) in [6.07, 6.45) is 1.05. The minimum absolute atomic E-state index is 0.0250. The van der Waals surface area contributed by atoms with Crippen molar-refractivity contribution in [1.82, 2.24) is 9.47 Å². The molecule has 10 heteroatoms. The summed E-state index contributed by atoms with van der Waals surface area (Å²) in [6.45, 7) is 2.23. The number of benzene rings is 1. The first kappa shape index (κ1) is 20.5. The van der Waals surface area contributed by atoms with Crippen molar-refractivity contribution in [3.05, 3.63) is 68.6 Å². The highest BCUT2D eigenvalue weighted by atomic mass is 32.2. The molecule has 2 aliphatic rings. The molecular formula is C20H20N4O4S2. The summed E-state index contributed by atoms with van der Waals surface area (Å²) in [5, 5.41) is 13.4. The molecule has 8 nitrogen and oxygen atoms in total. The minimum Gasteiger partial charge on any atom is -0.356 e. The first-order valence-corrected chi connectivity index (χ1v) is 11.0. The summed E-state index contributed by atoms with van der Waals surface area (Å²) in [4.78, 5) is 36.7. The third-order valence-corrected chi connectivity index (χ3v) is 6.95. The number of pyridine rings is 1. The molecule has 0 radical (unpaired) electrons. The summed E-state index contributed by atoms with van der Waals surface area (Å²) in [7, 11) is 0. The van der Waals surface area contributed by atoms with Crippen LogP contribution < -0.4 is 10.9 Å². The maximum Gasteiger partial charge on any atom is 0.269 e. The van der Waals surface area contributed by atoms with Gasteiger partial charge in [0.15, 0.2) is 0 Å². The number of nitrogens with one attached hydrogen (secondary N) is 1. The Bertz CT molecular complexity index is 1050. The number of anilines is 1. The highest BCUT2D eigenvalue weighted by Gasteiger charge is 2.35. The number of thioether (sulfide) groups is 1. The largest absolute Gasteiger partial charge is 0.356 e. The molecule has 156 valence electrons. The van der Waals surface area contributed by atoms with E-state index in [0.29, 0.717) is 22.5 Å². The number of nitro groups is 1. The van der Waals surface area contributed by atoms with Crippen molar-refractivity contribution in [3.8, 4) is 0 Å². The highest BCUT2D eigenvalue weighted by molar-refractivity contribution is 8.23. The van der Waals surface area contributed by atoms with Crippen LogP contribution in [0.5, 0.6) is 0 Å². The molecule has 30 heavy (non-hydrogen) atoms. The van der Waals surface area contributed by atoms with Crippen LogP contribution in [0.3, 0.4) is 0 Å². The highest BCUT2D eigenvalue weighted by Crippen LogP contribution is 2.36. The zero-order chi connectivity index (χ0) is 21.3. The predicted molar refractivity (Wildman–Crippen MR) is 120 cm³/mol. The molecule has 1 aromatic carbocycles. The lowest BCUT2D eigenvalue weighted by Crippen LogP contribution is -2.48. The maximum atomic E-state index is 12.2. The standard InChI is InChI=1S/C20H20N4O4S2/c25-18(21-15-4-6-16(7-5-15)24(27)28)12-30-20(29)22-9-13-8-14(11-22)17-2-1-3-19(26)23(17)10-13/h1-7,13-14H,8-12H2,(H,21,25)/t13-,14+/m1/s1. The molecule has 1 aromatic heterocycles. The molecule has 0 unspecified atom stereocenters. The van der Waals surface area contributed by atoms with E-state index in [9.17, 15) is 19.7 Å². The molecule has 0 spiro atoms. The van der Waals surface area contributed by atoms with E-state index in [1.54, 1.807) is 6.07 Å². The van der Waals surface area contributed by atoms with Crippen molar-refractivity contribution < 1.29 is 9.72 Å². The lowest BCUT2D eigenvalue weighted by atomic mass is 9.83. The summed E-state index contributed by atoms with van der Waals surface area (Å²) >= 11 is 6.88. The number of nitrogens with zero attached hydrogens (tertiary/aromatic N) is 3. The molecule has 0 saturated carbocycles. The van der Waals surface area contributed by atoms with Crippen molar-refractivity contribution in [2.75, 3.05) is 24.2 Å². The Morgan fingerprint density at radius 2 is 1.97 bits per heavy atom. The molecule has 2 atom stereocenters. The fourth-order valence-electron chi connectivity index (χ4n) is 4.13. The third-order valence-electron chi connectivity index (χ3n) is 5.43. The van der Waals surface area contributed by atoms with Gasteiger partial charge in [-0.2, -0.15) is 0 Å². The SMILES string of the molecule is O=C(CSC(=S)N1C[C@H]2C[C@@H](C1)c1cccc(=O)n1C2)Nc1ccc([N+](=O)[O-])cc1. The van der Waals surface area contributed by atoms with Crippen LogP contribution in [0.4, 0.5) is 11.4 Å². The number of amides is 1. The van der Waals surface area contributed by atoms with Gasteiger partial charge >= 0.3 is 0 Å². The number of rotatable bonds is 4. The van der Waals surface area contributed by atoms with E-state index in [0.717, 1.165) is 25.2 Å². The van der Waals surface area contributed by atoms with Gasteiger partial charge in [0.2, 0.25) is 5.91 Å². The van der Waals surface area contributed by atoms with E-state index in [2.05, 4.69) is 10.2 Å². The van der Waals surface area contributed by atoms with E-state index >= 15 is 0 Å². The fourth-order valence-corrected chi connectivity index (χ4v) is 5.11. The van der Waals surface area contributed by atoms with Crippen LogP contribution in [0.15, 0.2) is 47.3 Å². The minimum atomic E-state index is -0.483. The van der Waals surface area contributed by atoms with Crippen LogP contribution in [0, 0.1) is 16.0 Å². The molecule has 2 bridgehead atoms. The molecule has 4 rings (SSSR count). The quantitative estimate of drug-likeness (QED) is 0.440. The summed E-state index contributed by atoms with van der Waals surface area (Å²) in [5.41, 5.74) is 1.59. The van der Waals surface area contributed by atoms with Gasteiger partial charge in [0.1, 0.15) is 4.32 Å². The average Bonchev–Trinajstić information content (AvgIpc) is 2.73. The second kappa shape index (κ2) is 8.57. The van der Waals surface area contributed by atoms with E-state index in [-0.39, 0.29) is 28.8 Å². The molecule has 1 saturated heterocycles. The van der Waals surface area contributed by atoms with Crippen molar-refractivity contribution in [2.45, 2.75) is 18.9 Å². The van der Waals surface area contributed by atoms with E-state index in [1.165, 1.54) is 36.0 Å². The smallest absolute Gasteiger partial charge is 0.269 e. The lowest BCUT2D eigenvalue weighted by Gasteiger charge is -2.43. The number of thiocarbonyl (C=S) groups is 1. The fraction of sp³-hybridized carbons (Fsp3) is 0.350. The Morgan fingerprint density at radius 3 is 2.70 bits per heavy atom. The van der Waals surface area contributed by atoms with E-state index in [4.69, 9.17) is 12.2 Å². The van der Waals surface area contributed by atoms with Crippen molar-refractivity contribution >= 4 is 45.6 Å². The van der Waals surface area contributed by atoms with Gasteiger partial charge in [0, 0.05) is 55.1 Å². The lowest BCUT2D eigenvalue weighted by molar-refractivity contribution is -0.384. The summed E-state index contributed by atoms with van der Waals surface area (Å²) in [5.74, 6) is 0.575. The molecule has 0 aliphatic carbocycles. The molecule has 1 amide bonds. The molecule has 2 aliphatic heterocycles. The van der Waals surface area contributed by atoms with Crippen LogP contribution in [0.2, 0.25) is 0 Å². The first-order valence-electron chi connectivity index (χ1n) is 9.56. The summed E-state index contributed by atoms with van der Waals surface area (Å²) < 4.78 is 2.56. The van der Waals surface area contributed by atoms with Gasteiger partial charge in [-0.1, -0.05) is 30.0 Å². The molecule has 1 fully saturated rings. The number of nitro benzene ring substituents is 1. The van der Waals surface area contributed by atoms with Crippen LogP contribution in [-0.4, -0.2) is 43.5 Å². The Kier molecular flexibility index (Phi) is 5.87. The van der Waals surface area contributed by atoms with Crippen LogP contribution >= 0.6 is 24.0 Å². The molecular weight excluding hydrogens is 424 g/mol. The number of likely N-dealkylation sites (tertiary alicyclic amines) is 1. The third kappa shape index (κ3) is 4.39. The monoisotopic (exact) mass is 444 g/mol. The second-order valence-electron chi connectivity index (χ2n) is 7.51. The van der Waals surface area contributed by atoms with Crippen molar-refractivity contribution in [2.24, 2.45) is 5.92 Å². The van der Waals surface area contributed by atoms with Gasteiger partial charge < -0.3 is 14.8 Å². The average molecular weight is 445 g/mol. The summed E-state index contributed by atoms with van der Waals surface area (Å²) in [6, 6.07) is 11.1. The maximum absolute atomic E-state index is 12.2. The van der Waals surface area contributed by atoms with Gasteiger partial charge in [-0.25, -0.2) is 0 Å². The van der Waals surface area contributed by atoms with Crippen LogP contribution in [-0.2, 0) is 11.3 Å². The van der Waals surface area contributed by atoms with Gasteiger partial charge in [-0.15, -0.1) is 0 Å². The number of non-ortho nitro benzene ring substituents is 1. The molecule has 2 aromatic rings. The number of hydrogen-bond acceptors (Lipinski definition) is 6. The van der Waals surface area contributed by atoms with Gasteiger partial charge in [0.05, 0.1) is 10.7 Å². The number of piperidine rings is 1. The topological polar surface area (TPSA) is 97.5 Å². The normalized spacial score (nSPS) is 19.7. The van der Waals surface area contributed by atoms with E-state index in [1.807, 2.05) is 16.7 Å². The second-order valence-corrected chi connectivity index (χ2v) is 9.12. The van der Waals surface area contributed by atoms with Gasteiger partial charge in [-0.05, 0) is 30.5 Å². The molecule has 1 N–H and O–H groups in total. The first-order chi connectivity index (χ1) is 14.4. The Labute approximate surface area is 182 Å².